The van der Waals surface area contributed by atoms with Crippen LogP contribution in [0, 0.1) is 11.6 Å². The predicted molar refractivity (Wildman–Crippen MR) is 116 cm³/mol. The third-order valence-corrected chi connectivity index (χ3v) is 5.05. The van der Waals surface area contributed by atoms with Gasteiger partial charge < -0.3 is 15.7 Å². The number of carboxylic acids is 1. The summed E-state index contributed by atoms with van der Waals surface area (Å²) in [5.41, 5.74) is 2.62. The Balaban J connectivity index is 1.75. The van der Waals surface area contributed by atoms with Crippen molar-refractivity contribution in [1.82, 2.24) is 10.3 Å². The fraction of sp³-hybridized carbons (Fsp3) is 0.136. The number of carboxylic acid groups (broad SMARTS) is 1. The summed E-state index contributed by atoms with van der Waals surface area (Å²) < 4.78 is 28.0. The van der Waals surface area contributed by atoms with Gasteiger partial charge in [0.25, 0.3) is 5.91 Å². The van der Waals surface area contributed by atoms with Crippen LogP contribution in [0.25, 0.3) is 11.1 Å². The Morgan fingerprint density at radius 3 is 2.55 bits per heavy atom. The first kappa shape index (κ1) is 22.4. The number of halogens is 3. The quantitative estimate of drug-likeness (QED) is 0.429. The topological polar surface area (TPSA) is 91.3 Å². The number of aliphatic carboxylic acids is 1. The summed E-state index contributed by atoms with van der Waals surface area (Å²) in [6.45, 7) is 0.308. The highest BCUT2D eigenvalue weighted by Gasteiger charge is 2.11. The molecule has 1 heterocycles. The fourth-order valence-electron chi connectivity index (χ4n) is 2.84. The van der Waals surface area contributed by atoms with Crippen LogP contribution in [-0.4, -0.2) is 28.5 Å². The van der Waals surface area contributed by atoms with Crippen molar-refractivity contribution >= 4 is 33.5 Å². The first-order valence-corrected chi connectivity index (χ1v) is 10.1. The van der Waals surface area contributed by atoms with Crippen LogP contribution in [0.15, 0.2) is 59.2 Å². The van der Waals surface area contributed by atoms with Crippen molar-refractivity contribution in [1.29, 1.82) is 0 Å². The highest BCUT2D eigenvalue weighted by molar-refractivity contribution is 9.10. The second kappa shape index (κ2) is 10.1. The molecule has 0 aliphatic rings. The molecule has 0 radical (unpaired) electrons. The first-order chi connectivity index (χ1) is 14.8. The summed E-state index contributed by atoms with van der Waals surface area (Å²) in [6.07, 6.45) is 1.26. The molecule has 0 saturated heterocycles. The molecule has 1 aromatic heterocycles. The van der Waals surface area contributed by atoms with Crippen molar-refractivity contribution in [2.24, 2.45) is 0 Å². The molecule has 0 spiro atoms. The van der Waals surface area contributed by atoms with Gasteiger partial charge in [-0.25, -0.2) is 8.78 Å². The molecule has 0 aliphatic carbocycles. The Bertz CT molecular complexity index is 1110. The summed E-state index contributed by atoms with van der Waals surface area (Å²) >= 11 is 3.11. The summed E-state index contributed by atoms with van der Waals surface area (Å²) in [5.74, 6) is -2.33. The molecule has 3 N–H and O–H groups in total. The molecule has 6 nitrogen and oxygen atoms in total. The molecule has 0 atom stereocenters. The minimum absolute atomic E-state index is 0.00599. The Morgan fingerprint density at radius 1 is 1.06 bits per heavy atom. The number of pyridine rings is 1. The number of benzene rings is 2. The van der Waals surface area contributed by atoms with Crippen molar-refractivity contribution < 1.29 is 23.5 Å². The van der Waals surface area contributed by atoms with Gasteiger partial charge >= 0.3 is 5.97 Å². The van der Waals surface area contributed by atoms with Gasteiger partial charge in [-0.3, -0.25) is 14.6 Å². The lowest BCUT2D eigenvalue weighted by molar-refractivity contribution is -0.136. The third kappa shape index (κ3) is 6.08. The van der Waals surface area contributed by atoms with Gasteiger partial charge in [-0.15, -0.1) is 0 Å². The maximum atomic E-state index is 13.9. The monoisotopic (exact) mass is 489 g/mol. The smallest absolute Gasteiger partial charge is 0.305 e. The van der Waals surface area contributed by atoms with Crippen molar-refractivity contribution in [2.75, 3.05) is 11.9 Å². The lowest BCUT2D eigenvalue weighted by atomic mass is 10.0. The van der Waals surface area contributed by atoms with E-state index in [-0.39, 0.29) is 18.7 Å². The number of amides is 1. The van der Waals surface area contributed by atoms with E-state index in [4.69, 9.17) is 5.11 Å². The van der Waals surface area contributed by atoms with Gasteiger partial charge in [-0.05, 0) is 63.5 Å². The number of anilines is 1. The van der Waals surface area contributed by atoms with Gasteiger partial charge in [0.2, 0.25) is 0 Å². The molecule has 2 aromatic carbocycles. The van der Waals surface area contributed by atoms with Crippen LogP contribution in [0.2, 0.25) is 0 Å². The number of rotatable bonds is 8. The number of carbonyl (C=O) groups is 2. The Morgan fingerprint density at radius 2 is 1.87 bits per heavy atom. The molecule has 3 rings (SSSR count). The molecule has 0 saturated carbocycles. The molecule has 1 amide bonds. The molecular weight excluding hydrogens is 472 g/mol. The molecule has 9 heteroatoms. The van der Waals surface area contributed by atoms with E-state index in [9.17, 15) is 18.4 Å². The largest absolute Gasteiger partial charge is 0.481 e. The summed E-state index contributed by atoms with van der Waals surface area (Å²) in [4.78, 5) is 26.7. The number of hydrogen-bond acceptors (Lipinski definition) is 4. The minimum Gasteiger partial charge on any atom is -0.481 e. The van der Waals surface area contributed by atoms with E-state index in [1.165, 1.54) is 30.5 Å². The molecule has 3 aromatic rings. The van der Waals surface area contributed by atoms with Crippen LogP contribution >= 0.6 is 15.9 Å². The molecular formula is C22H18BrF2N3O3. The van der Waals surface area contributed by atoms with Crippen LogP contribution in [0.1, 0.15) is 22.5 Å². The SMILES string of the molecule is O=C(O)CCNC(=O)c1ccc(-c2cc(F)ccc2CNc2ccc(Br)c(F)c2)cn1. The first-order valence-electron chi connectivity index (χ1n) is 9.27. The molecule has 0 unspecified atom stereocenters. The minimum atomic E-state index is -1.01. The summed E-state index contributed by atoms with van der Waals surface area (Å²) in [7, 11) is 0. The number of nitrogens with one attached hydrogen (secondary N) is 2. The number of aromatic nitrogens is 1. The number of hydrogen-bond donors (Lipinski definition) is 3. The van der Waals surface area contributed by atoms with Gasteiger partial charge in [0, 0.05) is 30.5 Å². The molecule has 0 aliphatic heterocycles. The zero-order chi connectivity index (χ0) is 22.4. The van der Waals surface area contributed by atoms with E-state index in [1.54, 1.807) is 24.3 Å². The summed E-state index contributed by atoms with van der Waals surface area (Å²) in [5, 5.41) is 14.2. The standard InChI is InChI=1S/C22H18BrF2N3O3/c23-18-5-4-16(10-19(18)25)27-11-13-1-3-15(24)9-17(13)14-2-6-20(28-12-14)22(31)26-8-7-21(29)30/h1-6,9-10,12,27H,7-8,11H2,(H,26,31)(H,29,30). The van der Waals surface area contributed by atoms with Crippen LogP contribution in [0.4, 0.5) is 14.5 Å². The Kier molecular flexibility index (Phi) is 7.30. The molecule has 31 heavy (non-hydrogen) atoms. The normalized spacial score (nSPS) is 10.5. The van der Waals surface area contributed by atoms with Crippen molar-refractivity contribution in [3.8, 4) is 11.1 Å². The van der Waals surface area contributed by atoms with E-state index in [2.05, 4.69) is 31.5 Å². The van der Waals surface area contributed by atoms with E-state index in [0.29, 0.717) is 27.8 Å². The van der Waals surface area contributed by atoms with E-state index in [1.807, 2.05) is 0 Å². The molecule has 0 bridgehead atoms. The van der Waals surface area contributed by atoms with Gasteiger partial charge in [0.05, 0.1) is 10.9 Å². The van der Waals surface area contributed by atoms with Crippen molar-refractivity contribution in [2.45, 2.75) is 13.0 Å². The van der Waals surface area contributed by atoms with Gasteiger partial charge in [0.15, 0.2) is 0 Å². The van der Waals surface area contributed by atoms with Crippen LogP contribution in [0.5, 0.6) is 0 Å². The molecule has 0 fully saturated rings. The van der Waals surface area contributed by atoms with Crippen molar-refractivity contribution in [3.63, 3.8) is 0 Å². The second-order valence-corrected chi connectivity index (χ2v) is 7.47. The van der Waals surface area contributed by atoms with Gasteiger partial charge in [-0.2, -0.15) is 0 Å². The maximum absolute atomic E-state index is 13.9. The van der Waals surface area contributed by atoms with Gasteiger partial charge in [0.1, 0.15) is 17.3 Å². The van der Waals surface area contributed by atoms with E-state index < -0.39 is 23.5 Å². The van der Waals surface area contributed by atoms with E-state index >= 15 is 0 Å². The zero-order valence-corrected chi connectivity index (χ0v) is 17.7. The van der Waals surface area contributed by atoms with E-state index in [0.717, 1.165) is 5.56 Å². The lowest BCUT2D eigenvalue weighted by Crippen LogP contribution is -2.26. The predicted octanol–water partition coefficient (Wildman–Crippen LogP) is 4.61. The van der Waals surface area contributed by atoms with Crippen LogP contribution in [-0.2, 0) is 11.3 Å². The highest BCUT2D eigenvalue weighted by Crippen LogP contribution is 2.26. The lowest BCUT2D eigenvalue weighted by Gasteiger charge is -2.13. The van der Waals surface area contributed by atoms with Crippen molar-refractivity contribution in [3.05, 3.63) is 82.1 Å². The fourth-order valence-corrected chi connectivity index (χ4v) is 3.08. The van der Waals surface area contributed by atoms with Gasteiger partial charge in [-0.1, -0.05) is 12.1 Å². The number of nitrogens with zero attached hydrogens (tertiary/aromatic N) is 1. The highest BCUT2D eigenvalue weighted by atomic mass is 79.9. The Hall–Kier alpha value is -3.33. The third-order valence-electron chi connectivity index (χ3n) is 4.41. The average Bonchev–Trinajstić information content (AvgIpc) is 2.75. The maximum Gasteiger partial charge on any atom is 0.305 e. The number of carbonyl (C=O) groups excluding carboxylic acids is 1. The second-order valence-electron chi connectivity index (χ2n) is 6.62. The van der Waals surface area contributed by atoms with Crippen LogP contribution in [0.3, 0.4) is 0 Å². The zero-order valence-electron chi connectivity index (χ0n) is 16.2. The average molecular weight is 490 g/mol. The Labute approximate surface area is 185 Å². The van der Waals surface area contributed by atoms with Crippen LogP contribution < -0.4 is 10.6 Å². The summed E-state index contributed by atoms with van der Waals surface area (Å²) in [6, 6.07) is 12.1. The molecule has 160 valence electrons.